The van der Waals surface area contributed by atoms with Crippen molar-refractivity contribution in [2.45, 2.75) is 44.2 Å². The molecule has 1 aliphatic rings. The van der Waals surface area contributed by atoms with Gasteiger partial charge in [0, 0.05) is 20.2 Å². The van der Waals surface area contributed by atoms with Gasteiger partial charge in [-0.05, 0) is 26.7 Å². The highest BCUT2D eigenvalue weighted by molar-refractivity contribution is 6.20. The first-order chi connectivity index (χ1) is 9.02. The van der Waals surface area contributed by atoms with Gasteiger partial charge < -0.3 is 9.30 Å². The first kappa shape index (κ1) is 12.9. The van der Waals surface area contributed by atoms with E-state index in [2.05, 4.69) is 9.67 Å². The van der Waals surface area contributed by atoms with E-state index < -0.39 is 0 Å². The Balaban J connectivity index is 2.12. The van der Waals surface area contributed by atoms with Crippen LogP contribution in [0, 0.1) is 6.92 Å². The number of halogens is 1. The summed E-state index contributed by atoms with van der Waals surface area (Å²) in [5.41, 5.74) is 2.99. The fourth-order valence-corrected chi connectivity index (χ4v) is 3.05. The van der Waals surface area contributed by atoms with E-state index in [1.165, 1.54) is 0 Å². The van der Waals surface area contributed by atoms with Crippen molar-refractivity contribution in [1.29, 1.82) is 0 Å². The largest absolute Gasteiger partial charge is 0.381 e. The smallest absolute Gasteiger partial charge is 0.158 e. The Kier molecular flexibility index (Phi) is 3.06. The predicted octanol–water partition coefficient (Wildman–Crippen LogP) is 2.73. The van der Waals surface area contributed by atoms with Crippen LogP contribution in [0.1, 0.15) is 42.7 Å². The third kappa shape index (κ3) is 1.87. The molecule has 1 saturated carbocycles. The van der Waals surface area contributed by atoms with Gasteiger partial charge in [-0.25, -0.2) is 4.98 Å². The third-order valence-electron chi connectivity index (χ3n) is 3.99. The topological polar surface area (TPSA) is 44.9 Å². The molecular weight excluding hydrogens is 264 g/mol. The van der Waals surface area contributed by atoms with Crippen LogP contribution in [0.4, 0.5) is 0 Å². The number of methoxy groups -OCH3 is 1. The van der Waals surface area contributed by atoms with Gasteiger partial charge in [-0.2, -0.15) is 5.10 Å². The highest BCUT2D eigenvalue weighted by Gasteiger charge is 2.35. The molecule has 6 heteroatoms. The molecule has 1 unspecified atom stereocenters. The summed E-state index contributed by atoms with van der Waals surface area (Å²) in [6.07, 6.45) is 2.39. The standard InChI is InChI=1S/C13H19ClN4O/c1-7(14)12-15-11-8(2)16-17(3)13(11)18(12)9-5-10(6-9)19-4/h7,9-10H,5-6H2,1-4H3. The van der Waals surface area contributed by atoms with Crippen molar-refractivity contribution in [3.05, 3.63) is 11.5 Å². The van der Waals surface area contributed by atoms with Crippen LogP contribution in [0.25, 0.3) is 11.2 Å². The van der Waals surface area contributed by atoms with E-state index in [9.17, 15) is 0 Å². The van der Waals surface area contributed by atoms with Crippen molar-refractivity contribution in [3.63, 3.8) is 0 Å². The summed E-state index contributed by atoms with van der Waals surface area (Å²) in [6, 6.07) is 0.418. The molecule has 0 bridgehead atoms. The highest BCUT2D eigenvalue weighted by Crippen LogP contribution is 2.39. The number of rotatable bonds is 3. The Morgan fingerprint density at radius 1 is 1.42 bits per heavy atom. The van der Waals surface area contributed by atoms with E-state index >= 15 is 0 Å². The maximum absolute atomic E-state index is 6.29. The van der Waals surface area contributed by atoms with E-state index in [1.807, 2.05) is 25.6 Å². The molecule has 104 valence electrons. The van der Waals surface area contributed by atoms with Crippen molar-refractivity contribution in [2.75, 3.05) is 7.11 Å². The summed E-state index contributed by atoms with van der Waals surface area (Å²) in [4.78, 5) is 4.69. The van der Waals surface area contributed by atoms with Crippen LogP contribution < -0.4 is 0 Å². The number of imidazole rings is 1. The molecule has 0 radical (unpaired) electrons. The lowest BCUT2D eigenvalue weighted by Crippen LogP contribution is -2.33. The van der Waals surface area contributed by atoms with Crippen LogP contribution in [-0.4, -0.2) is 32.5 Å². The van der Waals surface area contributed by atoms with Gasteiger partial charge in [-0.3, -0.25) is 4.68 Å². The first-order valence-corrected chi connectivity index (χ1v) is 7.04. The number of hydrogen-bond donors (Lipinski definition) is 0. The van der Waals surface area contributed by atoms with Gasteiger partial charge in [0.1, 0.15) is 11.3 Å². The average Bonchev–Trinajstić information content (AvgIpc) is 2.78. The van der Waals surface area contributed by atoms with Gasteiger partial charge in [-0.15, -0.1) is 11.6 Å². The van der Waals surface area contributed by atoms with Crippen LogP contribution in [0.5, 0.6) is 0 Å². The molecule has 0 aliphatic heterocycles. The maximum atomic E-state index is 6.29. The normalized spacial score (nSPS) is 24.7. The van der Waals surface area contributed by atoms with Gasteiger partial charge in [0.2, 0.25) is 0 Å². The zero-order valence-electron chi connectivity index (χ0n) is 11.7. The van der Waals surface area contributed by atoms with E-state index in [0.717, 1.165) is 35.5 Å². The average molecular weight is 283 g/mol. The van der Waals surface area contributed by atoms with Crippen molar-refractivity contribution in [3.8, 4) is 0 Å². The second-order valence-corrected chi connectivity index (χ2v) is 5.97. The molecule has 2 heterocycles. The number of hydrogen-bond acceptors (Lipinski definition) is 3. The fraction of sp³-hybridized carbons (Fsp3) is 0.692. The molecule has 1 fully saturated rings. The number of aromatic nitrogens is 4. The monoisotopic (exact) mass is 282 g/mol. The third-order valence-corrected chi connectivity index (χ3v) is 4.18. The van der Waals surface area contributed by atoms with Gasteiger partial charge >= 0.3 is 0 Å². The summed E-state index contributed by atoms with van der Waals surface area (Å²) in [5.74, 6) is 0.937. The minimum absolute atomic E-state index is 0.103. The Hall–Kier alpha value is -1.07. The number of nitrogens with zero attached hydrogens (tertiary/aromatic N) is 4. The molecule has 0 N–H and O–H groups in total. The van der Waals surface area contributed by atoms with E-state index in [-0.39, 0.29) is 5.38 Å². The van der Waals surface area contributed by atoms with Gasteiger partial charge in [0.15, 0.2) is 5.65 Å². The lowest BCUT2D eigenvalue weighted by molar-refractivity contribution is 0.00628. The molecule has 2 aromatic rings. The predicted molar refractivity (Wildman–Crippen MR) is 74.6 cm³/mol. The molecule has 3 rings (SSSR count). The van der Waals surface area contributed by atoms with Crippen LogP contribution in [0.2, 0.25) is 0 Å². The lowest BCUT2D eigenvalue weighted by Gasteiger charge is -2.36. The molecule has 19 heavy (non-hydrogen) atoms. The Labute approximate surface area is 117 Å². The van der Waals surface area contributed by atoms with Crippen molar-refractivity contribution >= 4 is 22.8 Å². The van der Waals surface area contributed by atoms with Crippen LogP contribution in [-0.2, 0) is 11.8 Å². The molecular formula is C13H19ClN4O. The molecule has 1 aliphatic carbocycles. The lowest BCUT2D eigenvalue weighted by atomic mass is 9.89. The van der Waals surface area contributed by atoms with Crippen molar-refractivity contribution in [1.82, 2.24) is 19.3 Å². The molecule has 0 saturated heterocycles. The van der Waals surface area contributed by atoms with Gasteiger partial charge in [0.25, 0.3) is 0 Å². The van der Waals surface area contributed by atoms with Gasteiger partial charge in [0.05, 0.1) is 17.2 Å². The summed E-state index contributed by atoms with van der Waals surface area (Å²) < 4.78 is 9.53. The van der Waals surface area contributed by atoms with Crippen LogP contribution in [0.3, 0.4) is 0 Å². The zero-order valence-corrected chi connectivity index (χ0v) is 12.5. The van der Waals surface area contributed by atoms with Gasteiger partial charge in [-0.1, -0.05) is 0 Å². The Morgan fingerprint density at radius 3 is 2.68 bits per heavy atom. The molecule has 0 amide bonds. The molecule has 0 aromatic carbocycles. The minimum atomic E-state index is -0.103. The molecule has 2 aromatic heterocycles. The molecule has 1 atom stereocenters. The number of fused-ring (bicyclic) bond motifs is 1. The number of alkyl halides is 1. The summed E-state index contributed by atoms with van der Waals surface area (Å²) >= 11 is 6.29. The second kappa shape index (κ2) is 4.49. The second-order valence-electron chi connectivity index (χ2n) is 5.32. The van der Waals surface area contributed by atoms with E-state index in [4.69, 9.17) is 21.3 Å². The fourth-order valence-electron chi connectivity index (χ4n) is 2.89. The summed E-state index contributed by atoms with van der Waals surface area (Å²) in [5, 5.41) is 4.35. The first-order valence-electron chi connectivity index (χ1n) is 6.61. The van der Waals surface area contributed by atoms with E-state index in [0.29, 0.717) is 12.1 Å². The minimum Gasteiger partial charge on any atom is -0.381 e. The Morgan fingerprint density at radius 2 is 2.11 bits per heavy atom. The number of aryl methyl sites for hydroxylation is 2. The molecule has 0 spiro atoms. The Bertz CT molecular complexity index is 610. The highest BCUT2D eigenvalue weighted by atomic mass is 35.5. The number of ether oxygens (including phenoxy) is 1. The maximum Gasteiger partial charge on any atom is 0.158 e. The SMILES string of the molecule is COC1CC(n2c(C(C)Cl)nc3c(C)nn(C)c32)C1. The van der Waals surface area contributed by atoms with Crippen LogP contribution >= 0.6 is 11.6 Å². The van der Waals surface area contributed by atoms with Crippen molar-refractivity contribution < 1.29 is 4.74 Å². The van der Waals surface area contributed by atoms with Crippen molar-refractivity contribution in [2.24, 2.45) is 7.05 Å². The quantitative estimate of drug-likeness (QED) is 0.813. The summed E-state index contributed by atoms with van der Waals surface area (Å²) in [7, 11) is 3.73. The zero-order chi connectivity index (χ0) is 13.7. The van der Waals surface area contributed by atoms with Crippen LogP contribution in [0.15, 0.2) is 0 Å². The molecule has 5 nitrogen and oxygen atoms in total. The summed E-state index contributed by atoms with van der Waals surface area (Å²) in [6.45, 7) is 3.95. The van der Waals surface area contributed by atoms with E-state index in [1.54, 1.807) is 7.11 Å².